The Balaban J connectivity index is 2.97. The molecule has 5 nitrogen and oxygen atoms in total. The molecule has 1 rings (SSSR count). The second kappa shape index (κ2) is 7.84. The summed E-state index contributed by atoms with van der Waals surface area (Å²) in [5.41, 5.74) is 0.360. The zero-order valence-corrected chi connectivity index (χ0v) is 13.9. The molecule has 0 aliphatic carbocycles. The van der Waals surface area contributed by atoms with E-state index in [0.29, 0.717) is 31.7 Å². The summed E-state index contributed by atoms with van der Waals surface area (Å²) in [6.07, 6.45) is 0. The Kier molecular flexibility index (Phi) is 6.73. The van der Waals surface area contributed by atoms with Crippen molar-refractivity contribution in [3.63, 3.8) is 0 Å². The smallest absolute Gasteiger partial charge is 0.242 e. The molecule has 0 amide bonds. The van der Waals surface area contributed by atoms with E-state index in [4.69, 9.17) is 0 Å². The number of benzene rings is 1. The minimum absolute atomic E-state index is 0.123. The molecule has 1 N–H and O–H groups in total. The highest BCUT2D eigenvalue weighted by molar-refractivity contribution is 7.89. The second-order valence-electron chi connectivity index (χ2n) is 5.16. The highest BCUT2D eigenvalue weighted by atomic mass is 32.2. The van der Waals surface area contributed by atoms with Crippen LogP contribution in [0.2, 0.25) is 0 Å². The molecule has 0 aliphatic heterocycles. The maximum absolute atomic E-state index is 13.7. The third-order valence-corrected chi connectivity index (χ3v) is 5.01. The Hall–Kier alpha value is -1.02. The van der Waals surface area contributed by atoms with E-state index in [1.807, 2.05) is 25.9 Å². The van der Waals surface area contributed by atoms with Crippen molar-refractivity contribution in [1.82, 2.24) is 14.5 Å². The van der Waals surface area contributed by atoms with E-state index in [-0.39, 0.29) is 4.90 Å². The molecule has 0 spiro atoms. The summed E-state index contributed by atoms with van der Waals surface area (Å²) in [6.45, 7) is 3.93. The summed E-state index contributed by atoms with van der Waals surface area (Å²) < 4.78 is 39.9. The van der Waals surface area contributed by atoms with Gasteiger partial charge < -0.3 is 10.2 Å². The van der Waals surface area contributed by atoms with Crippen molar-refractivity contribution in [2.45, 2.75) is 18.4 Å². The van der Waals surface area contributed by atoms with Crippen LogP contribution < -0.4 is 5.32 Å². The normalized spacial score (nSPS) is 12.3. The van der Waals surface area contributed by atoms with E-state index in [2.05, 4.69) is 5.32 Å². The fourth-order valence-corrected chi connectivity index (χ4v) is 2.96. The first-order chi connectivity index (χ1) is 9.78. The molecule has 1 aromatic carbocycles. The first kappa shape index (κ1) is 18.0. The molecule has 0 bridgehead atoms. The van der Waals surface area contributed by atoms with Gasteiger partial charge in [-0.2, -0.15) is 4.31 Å². The van der Waals surface area contributed by atoms with Gasteiger partial charge in [-0.1, -0.05) is 6.92 Å². The molecule has 0 heterocycles. The average Bonchev–Trinajstić information content (AvgIpc) is 2.43. The van der Waals surface area contributed by atoms with Gasteiger partial charge in [-0.05, 0) is 38.8 Å². The van der Waals surface area contributed by atoms with Crippen LogP contribution in [-0.4, -0.2) is 58.4 Å². The predicted molar refractivity (Wildman–Crippen MR) is 82.2 cm³/mol. The van der Waals surface area contributed by atoms with Gasteiger partial charge in [-0.15, -0.1) is 0 Å². The SMILES string of the molecule is CCNCc1cc(S(=O)(=O)N(C)CCN(C)C)ccc1F. The lowest BCUT2D eigenvalue weighted by atomic mass is 10.2. The van der Waals surface area contributed by atoms with Crippen LogP contribution in [0.25, 0.3) is 0 Å². The molecule has 1 aromatic rings. The van der Waals surface area contributed by atoms with Crippen LogP contribution in [0.15, 0.2) is 23.1 Å². The molecular weight excluding hydrogens is 293 g/mol. The largest absolute Gasteiger partial charge is 0.313 e. The van der Waals surface area contributed by atoms with Crippen LogP contribution >= 0.6 is 0 Å². The first-order valence-corrected chi connectivity index (χ1v) is 8.33. The van der Waals surface area contributed by atoms with Gasteiger partial charge in [0.25, 0.3) is 0 Å². The zero-order chi connectivity index (χ0) is 16.0. The summed E-state index contributed by atoms with van der Waals surface area (Å²) in [5, 5.41) is 3.00. The van der Waals surface area contributed by atoms with E-state index in [1.54, 1.807) is 0 Å². The summed E-state index contributed by atoms with van der Waals surface area (Å²) >= 11 is 0. The van der Waals surface area contributed by atoms with Crippen LogP contribution in [0.4, 0.5) is 4.39 Å². The van der Waals surface area contributed by atoms with E-state index in [0.717, 1.165) is 0 Å². The Morgan fingerprint density at radius 1 is 1.19 bits per heavy atom. The molecule has 0 unspecified atom stereocenters. The van der Waals surface area contributed by atoms with E-state index in [9.17, 15) is 12.8 Å². The standard InChI is InChI=1S/C14H24FN3O2S/c1-5-16-11-12-10-13(6-7-14(12)15)21(19,20)18(4)9-8-17(2)3/h6-7,10,16H,5,8-9,11H2,1-4H3. The number of halogens is 1. The van der Waals surface area contributed by atoms with Crippen molar-refractivity contribution >= 4 is 10.0 Å². The van der Waals surface area contributed by atoms with Crippen molar-refractivity contribution in [2.75, 3.05) is 40.8 Å². The minimum atomic E-state index is -3.59. The van der Waals surface area contributed by atoms with Crippen molar-refractivity contribution in [3.05, 3.63) is 29.6 Å². The Morgan fingerprint density at radius 3 is 2.43 bits per heavy atom. The van der Waals surface area contributed by atoms with Crippen LogP contribution in [0.3, 0.4) is 0 Å². The number of hydrogen-bond acceptors (Lipinski definition) is 4. The Labute approximate surface area is 126 Å². The van der Waals surface area contributed by atoms with Crippen molar-refractivity contribution in [2.24, 2.45) is 0 Å². The minimum Gasteiger partial charge on any atom is -0.313 e. The lowest BCUT2D eigenvalue weighted by Crippen LogP contribution is -2.33. The summed E-state index contributed by atoms with van der Waals surface area (Å²) in [6, 6.07) is 3.92. The quantitative estimate of drug-likeness (QED) is 0.781. The molecule has 0 saturated carbocycles. The zero-order valence-electron chi connectivity index (χ0n) is 13.1. The summed E-state index contributed by atoms with van der Waals surface area (Å²) in [4.78, 5) is 2.03. The van der Waals surface area contributed by atoms with Gasteiger partial charge in [0.05, 0.1) is 4.90 Å². The first-order valence-electron chi connectivity index (χ1n) is 6.89. The van der Waals surface area contributed by atoms with Gasteiger partial charge in [0.1, 0.15) is 5.82 Å². The molecule has 120 valence electrons. The molecule has 7 heteroatoms. The Morgan fingerprint density at radius 2 is 1.86 bits per heavy atom. The number of likely N-dealkylation sites (N-methyl/N-ethyl adjacent to an activating group) is 2. The molecule has 0 atom stereocenters. The predicted octanol–water partition coefficient (Wildman–Crippen LogP) is 1.12. The monoisotopic (exact) mass is 317 g/mol. The highest BCUT2D eigenvalue weighted by Crippen LogP contribution is 2.18. The molecule has 0 aromatic heterocycles. The molecule has 0 fully saturated rings. The second-order valence-corrected chi connectivity index (χ2v) is 7.21. The van der Waals surface area contributed by atoms with Gasteiger partial charge in [0, 0.05) is 32.2 Å². The number of rotatable bonds is 8. The van der Waals surface area contributed by atoms with E-state index in [1.165, 1.54) is 29.6 Å². The molecule has 0 radical (unpaired) electrons. The topological polar surface area (TPSA) is 52.7 Å². The molecular formula is C14H24FN3O2S. The highest BCUT2D eigenvalue weighted by Gasteiger charge is 2.21. The van der Waals surface area contributed by atoms with Gasteiger partial charge in [0.15, 0.2) is 0 Å². The van der Waals surface area contributed by atoms with E-state index < -0.39 is 15.8 Å². The van der Waals surface area contributed by atoms with Crippen LogP contribution in [-0.2, 0) is 16.6 Å². The molecule has 0 aliphatic rings. The molecule has 21 heavy (non-hydrogen) atoms. The summed E-state index contributed by atoms with van der Waals surface area (Å²) in [7, 11) is 1.71. The summed E-state index contributed by atoms with van der Waals surface area (Å²) in [5.74, 6) is -0.397. The number of sulfonamides is 1. The maximum atomic E-state index is 13.7. The average molecular weight is 317 g/mol. The van der Waals surface area contributed by atoms with Crippen LogP contribution in [0.1, 0.15) is 12.5 Å². The number of nitrogens with one attached hydrogen (secondary N) is 1. The number of nitrogens with zero attached hydrogens (tertiary/aromatic N) is 2. The van der Waals surface area contributed by atoms with Crippen LogP contribution in [0, 0.1) is 5.82 Å². The van der Waals surface area contributed by atoms with Gasteiger partial charge >= 0.3 is 0 Å². The van der Waals surface area contributed by atoms with Crippen molar-refractivity contribution in [3.8, 4) is 0 Å². The molecule has 0 saturated heterocycles. The van der Waals surface area contributed by atoms with Gasteiger partial charge in [-0.3, -0.25) is 0 Å². The lowest BCUT2D eigenvalue weighted by molar-refractivity contribution is 0.358. The Bertz CT molecular complexity index is 561. The van der Waals surface area contributed by atoms with Crippen molar-refractivity contribution in [1.29, 1.82) is 0 Å². The fourth-order valence-electron chi connectivity index (χ4n) is 1.75. The van der Waals surface area contributed by atoms with Crippen LogP contribution in [0.5, 0.6) is 0 Å². The van der Waals surface area contributed by atoms with E-state index >= 15 is 0 Å². The van der Waals surface area contributed by atoms with Crippen molar-refractivity contribution < 1.29 is 12.8 Å². The third kappa shape index (κ3) is 5.03. The fraction of sp³-hybridized carbons (Fsp3) is 0.571. The number of hydrogen-bond donors (Lipinski definition) is 1. The van der Waals surface area contributed by atoms with Gasteiger partial charge in [0.2, 0.25) is 10.0 Å². The van der Waals surface area contributed by atoms with Gasteiger partial charge in [-0.25, -0.2) is 12.8 Å². The lowest BCUT2D eigenvalue weighted by Gasteiger charge is -2.20. The third-order valence-electron chi connectivity index (χ3n) is 3.15. The maximum Gasteiger partial charge on any atom is 0.242 e.